The van der Waals surface area contributed by atoms with Crippen molar-refractivity contribution in [3.63, 3.8) is 0 Å². The molecule has 0 unspecified atom stereocenters. The number of nitrogens with one attached hydrogen (secondary N) is 1. The van der Waals surface area contributed by atoms with Gasteiger partial charge in [0.15, 0.2) is 4.34 Å². The quantitative estimate of drug-likeness (QED) is 0.376. The molecule has 0 bridgehead atoms. The number of nitrogens with zero attached hydrogens (tertiary/aromatic N) is 4. The topological polar surface area (TPSA) is 91.1 Å². The lowest BCUT2D eigenvalue weighted by Gasteiger charge is -2.19. The van der Waals surface area contributed by atoms with E-state index in [-0.39, 0.29) is 24.0 Å². The molecule has 0 aliphatic heterocycles. The van der Waals surface area contributed by atoms with Gasteiger partial charge < -0.3 is 10.1 Å². The largest absolute Gasteiger partial charge is 0.573 e. The average molecular weight is 465 g/mol. The molecule has 31 heavy (non-hydrogen) atoms. The molecule has 3 aromatic rings. The van der Waals surface area contributed by atoms with Crippen LogP contribution in [0.1, 0.15) is 0 Å². The van der Waals surface area contributed by atoms with Gasteiger partial charge in [0, 0.05) is 11.4 Å². The third-order valence-electron chi connectivity index (χ3n) is 3.66. The van der Waals surface area contributed by atoms with E-state index in [1.807, 2.05) is 12.1 Å². The number of nitriles is 1. The Morgan fingerprint density at radius 3 is 2.52 bits per heavy atom. The highest BCUT2D eigenvalue weighted by atomic mass is 32.2. The van der Waals surface area contributed by atoms with Crippen molar-refractivity contribution in [3.05, 3.63) is 54.6 Å². The molecule has 7 nitrogen and oxygen atoms in total. The summed E-state index contributed by atoms with van der Waals surface area (Å²) < 4.78 is 41.0. The van der Waals surface area contributed by atoms with Crippen molar-refractivity contribution in [2.24, 2.45) is 0 Å². The normalized spacial score (nSPS) is 10.9. The van der Waals surface area contributed by atoms with Gasteiger partial charge >= 0.3 is 6.36 Å². The number of rotatable bonds is 8. The number of thioether (sulfide) groups is 1. The van der Waals surface area contributed by atoms with Crippen molar-refractivity contribution in [1.29, 1.82) is 5.26 Å². The van der Waals surface area contributed by atoms with Gasteiger partial charge in [-0.3, -0.25) is 9.69 Å². The first-order valence-electron chi connectivity index (χ1n) is 8.65. The van der Waals surface area contributed by atoms with Gasteiger partial charge in [-0.15, -0.1) is 23.4 Å². The SMILES string of the molecule is N#CCN(C(=O)CSc1nnc(Nc2ccc(OC(F)(F)F)cc2)s1)c1ccccc1. The van der Waals surface area contributed by atoms with Gasteiger partial charge in [0.2, 0.25) is 11.0 Å². The number of para-hydroxylation sites is 1. The highest BCUT2D eigenvalue weighted by molar-refractivity contribution is 8.01. The molecule has 1 heterocycles. The molecule has 0 aliphatic rings. The van der Waals surface area contributed by atoms with E-state index < -0.39 is 6.36 Å². The number of amides is 1. The Morgan fingerprint density at radius 1 is 1.16 bits per heavy atom. The Morgan fingerprint density at radius 2 is 1.87 bits per heavy atom. The van der Waals surface area contributed by atoms with Crippen LogP contribution in [-0.4, -0.2) is 34.8 Å². The molecule has 1 aromatic heterocycles. The van der Waals surface area contributed by atoms with Gasteiger partial charge in [0.1, 0.15) is 12.3 Å². The zero-order valence-corrected chi connectivity index (χ0v) is 17.3. The number of carbonyl (C=O) groups is 1. The molecule has 3 rings (SSSR count). The molecule has 160 valence electrons. The lowest BCUT2D eigenvalue weighted by Crippen LogP contribution is -2.32. The standard InChI is InChI=1S/C19H14F3N5O2S2/c20-19(21,22)29-15-8-6-13(7-9-15)24-17-25-26-18(31-17)30-12-16(28)27(11-10-23)14-4-2-1-3-5-14/h1-9H,11-12H2,(H,24,25). The lowest BCUT2D eigenvalue weighted by molar-refractivity contribution is -0.274. The molecule has 1 amide bonds. The lowest BCUT2D eigenvalue weighted by atomic mass is 10.3. The highest BCUT2D eigenvalue weighted by Crippen LogP contribution is 2.29. The molecule has 0 fully saturated rings. The maximum Gasteiger partial charge on any atom is 0.573 e. The predicted octanol–water partition coefficient (Wildman–Crippen LogP) is 4.83. The van der Waals surface area contributed by atoms with Crippen molar-refractivity contribution in [2.45, 2.75) is 10.7 Å². The maximum absolute atomic E-state index is 12.5. The van der Waals surface area contributed by atoms with E-state index in [0.717, 1.165) is 0 Å². The molecule has 2 aromatic carbocycles. The molecule has 12 heteroatoms. The fourth-order valence-corrected chi connectivity index (χ4v) is 4.03. The van der Waals surface area contributed by atoms with E-state index in [1.54, 1.807) is 24.3 Å². The predicted molar refractivity (Wildman–Crippen MR) is 111 cm³/mol. The number of halogens is 3. The minimum absolute atomic E-state index is 0.0642. The minimum Gasteiger partial charge on any atom is -0.406 e. The van der Waals surface area contributed by atoms with Gasteiger partial charge in [0.25, 0.3) is 0 Å². The number of hydrogen-bond acceptors (Lipinski definition) is 8. The molecule has 0 saturated heterocycles. The molecule has 0 aliphatic carbocycles. The van der Waals surface area contributed by atoms with Crippen LogP contribution in [0, 0.1) is 11.3 Å². The molecule has 0 saturated carbocycles. The number of alkyl halides is 3. The van der Waals surface area contributed by atoms with E-state index in [4.69, 9.17) is 5.26 Å². The van der Waals surface area contributed by atoms with Crippen LogP contribution in [0.15, 0.2) is 58.9 Å². The highest BCUT2D eigenvalue weighted by Gasteiger charge is 2.31. The minimum atomic E-state index is -4.75. The van der Waals surface area contributed by atoms with Crippen molar-refractivity contribution in [3.8, 4) is 11.8 Å². The van der Waals surface area contributed by atoms with Crippen molar-refractivity contribution in [1.82, 2.24) is 10.2 Å². The Bertz CT molecular complexity index is 1050. The Balaban J connectivity index is 1.56. The van der Waals surface area contributed by atoms with Gasteiger partial charge in [-0.25, -0.2) is 0 Å². The number of aromatic nitrogens is 2. The monoisotopic (exact) mass is 465 g/mol. The fraction of sp³-hybridized carbons (Fsp3) is 0.158. The van der Waals surface area contributed by atoms with Crippen LogP contribution in [0.4, 0.5) is 29.7 Å². The first-order valence-corrected chi connectivity index (χ1v) is 10.5. The van der Waals surface area contributed by atoms with E-state index in [9.17, 15) is 18.0 Å². The average Bonchev–Trinajstić information content (AvgIpc) is 3.18. The summed E-state index contributed by atoms with van der Waals surface area (Å²) in [5.41, 5.74) is 1.13. The molecular formula is C19H14F3N5O2S2. The van der Waals surface area contributed by atoms with Crippen LogP contribution in [-0.2, 0) is 4.79 Å². The van der Waals surface area contributed by atoms with Crippen LogP contribution in [0.25, 0.3) is 0 Å². The number of hydrogen-bond donors (Lipinski definition) is 1. The van der Waals surface area contributed by atoms with Crippen LogP contribution in [0.5, 0.6) is 5.75 Å². The molecule has 0 radical (unpaired) electrons. The summed E-state index contributed by atoms with van der Waals surface area (Å²) in [6, 6.07) is 16.1. The van der Waals surface area contributed by atoms with Gasteiger partial charge in [0.05, 0.1) is 11.8 Å². The van der Waals surface area contributed by atoms with Crippen molar-refractivity contribution < 1.29 is 22.7 Å². The first-order chi connectivity index (χ1) is 14.8. The molecular weight excluding hydrogens is 451 g/mol. The molecule has 1 N–H and O–H groups in total. The van der Waals surface area contributed by atoms with E-state index in [2.05, 4.69) is 20.3 Å². The number of ether oxygens (including phenoxy) is 1. The van der Waals surface area contributed by atoms with Gasteiger partial charge in [-0.2, -0.15) is 5.26 Å². The Hall–Kier alpha value is -3.30. The molecule has 0 atom stereocenters. The smallest absolute Gasteiger partial charge is 0.406 e. The summed E-state index contributed by atoms with van der Waals surface area (Å²) in [7, 11) is 0. The van der Waals surface area contributed by atoms with E-state index in [0.29, 0.717) is 20.8 Å². The number of anilines is 3. The Kier molecular flexibility index (Phi) is 7.32. The number of carbonyl (C=O) groups excluding carboxylic acids is 1. The first kappa shape index (κ1) is 22.4. The van der Waals surface area contributed by atoms with E-state index in [1.165, 1.54) is 52.3 Å². The third kappa shape index (κ3) is 6.87. The summed E-state index contributed by atoms with van der Waals surface area (Å²) in [5.74, 6) is -0.512. The summed E-state index contributed by atoms with van der Waals surface area (Å²) >= 11 is 2.36. The maximum atomic E-state index is 12.5. The second kappa shape index (κ2) is 10.1. The van der Waals surface area contributed by atoms with Crippen molar-refractivity contribution >= 4 is 45.5 Å². The van der Waals surface area contributed by atoms with Crippen LogP contribution in [0.2, 0.25) is 0 Å². The molecule has 0 spiro atoms. The van der Waals surface area contributed by atoms with Gasteiger partial charge in [-0.05, 0) is 36.4 Å². The summed E-state index contributed by atoms with van der Waals surface area (Å²) in [5, 5.41) is 20.3. The van der Waals surface area contributed by atoms with Crippen LogP contribution >= 0.6 is 23.1 Å². The second-order valence-corrected chi connectivity index (χ2v) is 8.03. The zero-order valence-electron chi connectivity index (χ0n) is 15.7. The number of benzene rings is 2. The summed E-state index contributed by atoms with van der Waals surface area (Å²) in [4.78, 5) is 13.9. The Labute approximate surface area is 183 Å². The summed E-state index contributed by atoms with van der Waals surface area (Å²) in [6.07, 6.45) is -4.75. The van der Waals surface area contributed by atoms with Gasteiger partial charge in [-0.1, -0.05) is 41.3 Å². The van der Waals surface area contributed by atoms with Crippen LogP contribution in [0.3, 0.4) is 0 Å². The van der Waals surface area contributed by atoms with Crippen LogP contribution < -0.4 is 15.0 Å². The summed E-state index contributed by atoms with van der Waals surface area (Å²) in [6.45, 7) is -0.0691. The van der Waals surface area contributed by atoms with Crippen molar-refractivity contribution in [2.75, 3.05) is 22.5 Å². The fourth-order valence-electron chi connectivity index (χ4n) is 2.39. The third-order valence-corrected chi connectivity index (χ3v) is 5.62. The zero-order chi connectivity index (χ0) is 22.3. The second-order valence-electron chi connectivity index (χ2n) is 5.83. The van der Waals surface area contributed by atoms with E-state index >= 15 is 0 Å².